The highest BCUT2D eigenvalue weighted by Crippen LogP contribution is 2.50. The predicted octanol–water partition coefficient (Wildman–Crippen LogP) is 4.98. The van der Waals surface area contributed by atoms with E-state index in [0.717, 1.165) is 23.2 Å². The Hall–Kier alpha value is -2.94. The van der Waals surface area contributed by atoms with Gasteiger partial charge in [0.25, 0.3) is 5.91 Å². The Kier molecular flexibility index (Phi) is 5.08. The van der Waals surface area contributed by atoms with Crippen molar-refractivity contribution in [2.45, 2.75) is 42.7 Å². The van der Waals surface area contributed by atoms with Crippen LogP contribution in [0.1, 0.15) is 36.1 Å². The van der Waals surface area contributed by atoms with E-state index >= 15 is 0 Å². The number of carbonyl (C=O) groups excluding carboxylic acids is 1. The second-order valence-corrected chi connectivity index (χ2v) is 7.98. The summed E-state index contributed by atoms with van der Waals surface area (Å²) in [6.45, 7) is 0. The first kappa shape index (κ1) is 22.3. The van der Waals surface area contributed by atoms with Crippen molar-refractivity contribution in [3.63, 3.8) is 0 Å². The first-order valence-corrected chi connectivity index (χ1v) is 9.87. The molecule has 1 aromatic carbocycles. The van der Waals surface area contributed by atoms with Gasteiger partial charge in [0.05, 0.1) is 23.0 Å². The monoisotopic (exact) mass is 472 g/mol. The molecule has 1 unspecified atom stereocenters. The lowest BCUT2D eigenvalue weighted by atomic mass is 9.75. The van der Waals surface area contributed by atoms with Crippen molar-refractivity contribution in [2.75, 3.05) is 9.80 Å². The number of rotatable bonds is 2. The number of alkyl halides is 6. The summed E-state index contributed by atoms with van der Waals surface area (Å²) in [5.74, 6) is -0.525. The molecule has 1 aliphatic carbocycles. The number of amides is 1. The Morgan fingerprint density at radius 1 is 1.06 bits per heavy atom. The van der Waals surface area contributed by atoms with Crippen molar-refractivity contribution in [3.05, 3.63) is 53.3 Å². The third-order valence-electron chi connectivity index (χ3n) is 5.76. The van der Waals surface area contributed by atoms with E-state index in [-0.39, 0.29) is 11.4 Å². The SMILES string of the molecule is N#Cc1ncc(N2C(=O)C3(CCC3)N(c3ccc(C(F)(F)F)cc3)C2S)cc1C(F)(F)F. The van der Waals surface area contributed by atoms with E-state index in [1.165, 1.54) is 23.1 Å². The molecular formula is C20H14F6N4OS. The van der Waals surface area contributed by atoms with Gasteiger partial charge in [0.2, 0.25) is 0 Å². The molecule has 2 heterocycles. The maximum absolute atomic E-state index is 13.4. The average molecular weight is 472 g/mol. The zero-order valence-electron chi connectivity index (χ0n) is 16.1. The van der Waals surface area contributed by atoms with Crippen LogP contribution in [0.4, 0.5) is 37.7 Å². The van der Waals surface area contributed by atoms with Gasteiger partial charge in [0.1, 0.15) is 11.6 Å². The molecule has 168 valence electrons. The van der Waals surface area contributed by atoms with Gasteiger partial charge in [-0.3, -0.25) is 9.69 Å². The van der Waals surface area contributed by atoms with Gasteiger partial charge in [0.15, 0.2) is 11.2 Å². The van der Waals surface area contributed by atoms with Gasteiger partial charge in [-0.2, -0.15) is 31.6 Å². The zero-order chi connectivity index (χ0) is 23.5. The number of nitrogens with zero attached hydrogens (tertiary/aromatic N) is 4. The molecule has 2 fully saturated rings. The summed E-state index contributed by atoms with van der Waals surface area (Å²) in [7, 11) is 0. The molecular weight excluding hydrogens is 458 g/mol. The first-order valence-electron chi connectivity index (χ1n) is 9.36. The van der Waals surface area contributed by atoms with Crippen molar-refractivity contribution in [2.24, 2.45) is 0 Å². The highest BCUT2D eigenvalue weighted by atomic mass is 32.1. The van der Waals surface area contributed by atoms with Gasteiger partial charge >= 0.3 is 12.4 Å². The molecule has 5 nitrogen and oxygen atoms in total. The molecule has 0 bridgehead atoms. The van der Waals surface area contributed by atoms with E-state index < -0.39 is 46.1 Å². The lowest BCUT2D eigenvalue weighted by Gasteiger charge is -2.44. The Bertz CT molecular complexity index is 1110. The number of benzene rings is 1. The molecule has 2 aliphatic rings. The van der Waals surface area contributed by atoms with Crippen LogP contribution in [0.3, 0.4) is 0 Å². The highest BCUT2D eigenvalue weighted by molar-refractivity contribution is 7.81. The van der Waals surface area contributed by atoms with Crippen LogP contribution in [0.15, 0.2) is 36.5 Å². The van der Waals surface area contributed by atoms with Crippen LogP contribution in [0.25, 0.3) is 0 Å². The summed E-state index contributed by atoms with van der Waals surface area (Å²) < 4.78 is 79.0. The molecule has 0 radical (unpaired) electrons. The Morgan fingerprint density at radius 3 is 2.16 bits per heavy atom. The molecule has 1 saturated carbocycles. The molecule has 1 saturated heterocycles. The van der Waals surface area contributed by atoms with Crippen molar-refractivity contribution < 1.29 is 31.1 Å². The topological polar surface area (TPSA) is 60.2 Å². The maximum atomic E-state index is 13.4. The number of thiol groups is 1. The van der Waals surface area contributed by atoms with E-state index in [9.17, 15) is 31.1 Å². The Balaban J connectivity index is 1.77. The number of nitriles is 1. The van der Waals surface area contributed by atoms with Crippen molar-refractivity contribution in [3.8, 4) is 6.07 Å². The molecule has 1 aliphatic heterocycles. The van der Waals surface area contributed by atoms with Gasteiger partial charge in [0, 0.05) is 5.69 Å². The quantitative estimate of drug-likeness (QED) is 0.495. The lowest BCUT2D eigenvalue weighted by Crippen LogP contribution is -2.55. The van der Waals surface area contributed by atoms with E-state index in [1.54, 1.807) is 0 Å². The average Bonchev–Trinajstić information content (AvgIpc) is 2.93. The summed E-state index contributed by atoms with van der Waals surface area (Å²) in [5, 5.41) is 8.95. The van der Waals surface area contributed by atoms with Gasteiger partial charge in [-0.15, -0.1) is 12.6 Å². The summed E-state index contributed by atoms with van der Waals surface area (Å²) in [4.78, 5) is 19.4. The van der Waals surface area contributed by atoms with Crippen LogP contribution in [0.5, 0.6) is 0 Å². The third kappa shape index (κ3) is 3.35. The molecule has 2 aromatic rings. The summed E-state index contributed by atoms with van der Waals surface area (Å²) in [6, 6.07) is 6.21. The van der Waals surface area contributed by atoms with E-state index in [2.05, 4.69) is 17.6 Å². The van der Waals surface area contributed by atoms with Crippen molar-refractivity contribution in [1.29, 1.82) is 5.26 Å². The predicted molar refractivity (Wildman–Crippen MR) is 105 cm³/mol. The van der Waals surface area contributed by atoms with Gasteiger partial charge in [-0.05, 0) is 49.6 Å². The number of aromatic nitrogens is 1. The third-order valence-corrected chi connectivity index (χ3v) is 6.22. The fourth-order valence-electron chi connectivity index (χ4n) is 4.07. The maximum Gasteiger partial charge on any atom is 0.419 e. The number of pyridine rings is 1. The standard InChI is InChI=1S/C20H14F6N4OS/c21-19(22,23)11-2-4-12(5-3-11)30-17(32)29(16(31)18(30)6-1-7-18)13-8-14(20(24,25)26)15(9-27)28-10-13/h2-5,8,10,17,32H,1,6-7H2. The van der Waals surface area contributed by atoms with Gasteiger partial charge < -0.3 is 4.90 Å². The largest absolute Gasteiger partial charge is 0.419 e. The zero-order valence-corrected chi connectivity index (χ0v) is 17.0. The number of anilines is 2. The van der Waals surface area contributed by atoms with E-state index in [4.69, 9.17) is 5.26 Å². The van der Waals surface area contributed by atoms with Crippen LogP contribution in [0, 0.1) is 11.3 Å². The number of carbonyl (C=O) groups is 1. The van der Waals surface area contributed by atoms with Gasteiger partial charge in [-0.1, -0.05) is 0 Å². The van der Waals surface area contributed by atoms with E-state index in [1.807, 2.05) is 0 Å². The summed E-state index contributed by atoms with van der Waals surface area (Å²) in [5.41, 5.74) is -5.13. The van der Waals surface area contributed by atoms with Crippen LogP contribution in [0.2, 0.25) is 0 Å². The van der Waals surface area contributed by atoms with Gasteiger partial charge in [-0.25, -0.2) is 4.98 Å². The van der Waals surface area contributed by atoms with Crippen molar-refractivity contribution in [1.82, 2.24) is 4.98 Å². The summed E-state index contributed by atoms with van der Waals surface area (Å²) in [6.07, 6.45) is -7.02. The fourth-order valence-corrected chi connectivity index (χ4v) is 4.66. The number of halogens is 6. The van der Waals surface area contributed by atoms with E-state index in [0.29, 0.717) is 25.3 Å². The molecule has 1 spiro atoms. The lowest BCUT2D eigenvalue weighted by molar-refractivity contribution is -0.138. The minimum Gasteiger partial charge on any atom is -0.328 e. The molecule has 12 heteroatoms. The molecule has 1 atom stereocenters. The van der Waals surface area contributed by atoms with Crippen molar-refractivity contribution >= 4 is 29.9 Å². The molecule has 0 N–H and O–H groups in total. The van der Waals surface area contributed by atoms with Crippen LogP contribution < -0.4 is 9.80 Å². The molecule has 4 rings (SSSR count). The van der Waals surface area contributed by atoms with Crippen LogP contribution >= 0.6 is 12.6 Å². The summed E-state index contributed by atoms with van der Waals surface area (Å²) >= 11 is 4.44. The Labute approximate surface area is 183 Å². The second kappa shape index (κ2) is 7.30. The first-order chi connectivity index (χ1) is 14.9. The normalized spacial score (nSPS) is 20.4. The van der Waals surface area contributed by atoms with Crippen LogP contribution in [-0.4, -0.2) is 21.9 Å². The molecule has 1 amide bonds. The minimum atomic E-state index is -4.87. The highest BCUT2D eigenvalue weighted by Gasteiger charge is 2.60. The Morgan fingerprint density at radius 2 is 1.69 bits per heavy atom. The fraction of sp³-hybridized carbons (Fsp3) is 0.350. The molecule has 1 aromatic heterocycles. The number of hydrogen-bond donors (Lipinski definition) is 1. The smallest absolute Gasteiger partial charge is 0.328 e. The second-order valence-electron chi connectivity index (χ2n) is 7.52. The number of hydrogen-bond acceptors (Lipinski definition) is 5. The minimum absolute atomic E-state index is 0.206. The van der Waals surface area contributed by atoms with Crippen LogP contribution in [-0.2, 0) is 17.1 Å². The molecule has 32 heavy (non-hydrogen) atoms.